The molecule has 0 radical (unpaired) electrons. The topological polar surface area (TPSA) is 42.2 Å². The van der Waals surface area contributed by atoms with E-state index in [9.17, 15) is 0 Å². The Bertz CT molecular complexity index is 820. The van der Waals surface area contributed by atoms with Crippen molar-refractivity contribution >= 4 is 38.6 Å². The molecule has 0 unspecified atom stereocenters. The maximum Gasteiger partial charge on any atom is 0.0907 e. The van der Waals surface area contributed by atoms with E-state index in [0.29, 0.717) is 0 Å². The van der Waals surface area contributed by atoms with Crippen LogP contribution in [0, 0.1) is 20.8 Å². The van der Waals surface area contributed by atoms with Crippen molar-refractivity contribution in [3.05, 3.63) is 46.5 Å². The van der Waals surface area contributed by atoms with Crippen molar-refractivity contribution in [3.63, 3.8) is 0 Å². The van der Waals surface area contributed by atoms with E-state index in [-0.39, 0.29) is 0 Å². The number of nitrogens with zero attached hydrogens (tertiary/aromatic N) is 2. The standard InChI is InChI=1S/C17H19N3S/c1-10-5-6-15(11(2)7-10)20(4)16-9-14-17(8-13(16)18)21-12(3)19-14/h5-9H,18H2,1-4H3. The molecular weight excluding hydrogens is 278 g/mol. The number of nitrogen functional groups attached to an aromatic ring is 1. The van der Waals surface area contributed by atoms with Gasteiger partial charge in [-0.25, -0.2) is 4.98 Å². The van der Waals surface area contributed by atoms with Gasteiger partial charge in [0.05, 0.1) is 26.6 Å². The molecule has 0 aliphatic heterocycles. The molecule has 0 saturated heterocycles. The molecule has 0 aliphatic carbocycles. The van der Waals surface area contributed by atoms with E-state index in [0.717, 1.165) is 26.6 Å². The molecule has 108 valence electrons. The van der Waals surface area contributed by atoms with Gasteiger partial charge in [0.1, 0.15) is 0 Å². The lowest BCUT2D eigenvalue weighted by atomic mass is 10.1. The summed E-state index contributed by atoms with van der Waals surface area (Å²) in [6.07, 6.45) is 0. The zero-order valence-corrected chi connectivity index (χ0v) is 13.6. The SMILES string of the molecule is Cc1ccc(N(C)c2cc3nc(C)sc3cc2N)c(C)c1. The highest BCUT2D eigenvalue weighted by Gasteiger charge is 2.13. The Hall–Kier alpha value is -2.07. The number of fused-ring (bicyclic) bond motifs is 1. The molecule has 3 rings (SSSR count). The number of hydrogen-bond acceptors (Lipinski definition) is 4. The third-order valence-corrected chi connectivity index (χ3v) is 4.65. The van der Waals surface area contributed by atoms with Crippen molar-refractivity contribution in [1.82, 2.24) is 4.98 Å². The molecule has 0 aliphatic rings. The second-order valence-corrected chi connectivity index (χ2v) is 6.70. The Kier molecular flexibility index (Phi) is 3.33. The Labute approximate surface area is 129 Å². The molecule has 2 N–H and O–H groups in total. The van der Waals surface area contributed by atoms with E-state index in [1.54, 1.807) is 11.3 Å². The fourth-order valence-electron chi connectivity index (χ4n) is 2.70. The van der Waals surface area contributed by atoms with Gasteiger partial charge in [0.15, 0.2) is 0 Å². The van der Waals surface area contributed by atoms with Crippen molar-refractivity contribution in [3.8, 4) is 0 Å². The molecular formula is C17H19N3S. The summed E-state index contributed by atoms with van der Waals surface area (Å²) in [7, 11) is 2.05. The van der Waals surface area contributed by atoms with Crippen molar-refractivity contribution in [2.45, 2.75) is 20.8 Å². The Morgan fingerprint density at radius 3 is 2.52 bits per heavy atom. The van der Waals surface area contributed by atoms with E-state index in [2.05, 4.69) is 55.0 Å². The van der Waals surface area contributed by atoms with Crippen LogP contribution in [0.15, 0.2) is 30.3 Å². The molecule has 0 atom stereocenters. The van der Waals surface area contributed by atoms with E-state index >= 15 is 0 Å². The molecule has 1 aromatic heterocycles. The first-order valence-corrected chi connectivity index (χ1v) is 7.75. The van der Waals surface area contributed by atoms with E-state index in [4.69, 9.17) is 5.73 Å². The molecule has 3 aromatic rings. The largest absolute Gasteiger partial charge is 0.397 e. The van der Waals surface area contributed by atoms with Gasteiger partial charge in [0, 0.05) is 12.7 Å². The smallest absolute Gasteiger partial charge is 0.0907 e. The highest BCUT2D eigenvalue weighted by molar-refractivity contribution is 7.18. The third-order valence-electron chi connectivity index (χ3n) is 3.72. The normalized spacial score (nSPS) is 11.0. The van der Waals surface area contributed by atoms with E-state index in [1.165, 1.54) is 16.8 Å². The maximum absolute atomic E-state index is 6.25. The van der Waals surface area contributed by atoms with Crippen LogP contribution in [0.3, 0.4) is 0 Å². The highest BCUT2D eigenvalue weighted by Crippen LogP contribution is 2.35. The number of hydrogen-bond donors (Lipinski definition) is 1. The van der Waals surface area contributed by atoms with Gasteiger partial charge >= 0.3 is 0 Å². The number of rotatable bonds is 2. The lowest BCUT2D eigenvalue weighted by Gasteiger charge is -2.23. The molecule has 4 heteroatoms. The molecule has 0 fully saturated rings. The predicted molar refractivity (Wildman–Crippen MR) is 92.7 cm³/mol. The predicted octanol–water partition coefficient (Wildman–Crippen LogP) is 4.57. The molecule has 0 spiro atoms. The van der Waals surface area contributed by atoms with Crippen LogP contribution in [0.25, 0.3) is 10.2 Å². The average molecular weight is 297 g/mol. The number of aromatic nitrogens is 1. The zero-order valence-electron chi connectivity index (χ0n) is 12.8. The molecule has 1 heterocycles. The molecule has 0 amide bonds. The van der Waals surface area contributed by atoms with Crippen LogP contribution in [-0.4, -0.2) is 12.0 Å². The fraction of sp³-hybridized carbons (Fsp3) is 0.235. The first-order chi connectivity index (χ1) is 9.95. The van der Waals surface area contributed by atoms with Crippen LogP contribution in [0.1, 0.15) is 16.1 Å². The van der Waals surface area contributed by atoms with Crippen LogP contribution in [0.5, 0.6) is 0 Å². The Balaban J connectivity index is 2.12. The van der Waals surface area contributed by atoms with Crippen LogP contribution in [0.4, 0.5) is 17.1 Å². The summed E-state index contributed by atoms with van der Waals surface area (Å²) in [5, 5.41) is 1.07. The fourth-order valence-corrected chi connectivity index (χ4v) is 3.55. The lowest BCUT2D eigenvalue weighted by Crippen LogP contribution is -2.13. The van der Waals surface area contributed by atoms with E-state index in [1.807, 2.05) is 13.0 Å². The van der Waals surface area contributed by atoms with Gasteiger partial charge < -0.3 is 10.6 Å². The van der Waals surface area contributed by atoms with Crippen LogP contribution in [0.2, 0.25) is 0 Å². The molecule has 0 bridgehead atoms. The Morgan fingerprint density at radius 1 is 1.05 bits per heavy atom. The molecule has 2 aromatic carbocycles. The molecule has 3 nitrogen and oxygen atoms in total. The van der Waals surface area contributed by atoms with E-state index < -0.39 is 0 Å². The number of aryl methyl sites for hydroxylation is 3. The van der Waals surface area contributed by atoms with Gasteiger partial charge in [0.2, 0.25) is 0 Å². The van der Waals surface area contributed by atoms with Gasteiger partial charge in [-0.3, -0.25) is 0 Å². The third kappa shape index (κ3) is 2.47. The monoisotopic (exact) mass is 297 g/mol. The summed E-state index contributed by atoms with van der Waals surface area (Å²) in [4.78, 5) is 6.70. The van der Waals surface area contributed by atoms with Crippen LogP contribution < -0.4 is 10.6 Å². The minimum atomic E-state index is 0.786. The summed E-state index contributed by atoms with van der Waals surface area (Å²) < 4.78 is 1.14. The van der Waals surface area contributed by atoms with Crippen LogP contribution >= 0.6 is 11.3 Å². The van der Waals surface area contributed by atoms with Gasteiger partial charge in [-0.1, -0.05) is 17.7 Å². The van der Waals surface area contributed by atoms with Gasteiger partial charge in [-0.05, 0) is 44.5 Å². The zero-order chi connectivity index (χ0) is 15.1. The number of thiazole rings is 1. The summed E-state index contributed by atoms with van der Waals surface area (Å²) in [5.41, 5.74) is 12.7. The van der Waals surface area contributed by atoms with Crippen molar-refractivity contribution in [2.24, 2.45) is 0 Å². The average Bonchev–Trinajstić information content (AvgIpc) is 2.76. The molecule has 0 saturated carbocycles. The van der Waals surface area contributed by atoms with Gasteiger partial charge in [0.25, 0.3) is 0 Å². The number of anilines is 3. The van der Waals surface area contributed by atoms with Crippen molar-refractivity contribution < 1.29 is 0 Å². The second kappa shape index (κ2) is 5.04. The number of benzene rings is 2. The summed E-state index contributed by atoms with van der Waals surface area (Å²) >= 11 is 1.68. The van der Waals surface area contributed by atoms with Crippen LogP contribution in [-0.2, 0) is 0 Å². The van der Waals surface area contributed by atoms with Gasteiger partial charge in [-0.15, -0.1) is 11.3 Å². The number of nitrogens with two attached hydrogens (primary N) is 1. The Morgan fingerprint density at radius 2 is 1.81 bits per heavy atom. The highest BCUT2D eigenvalue weighted by atomic mass is 32.1. The lowest BCUT2D eigenvalue weighted by molar-refractivity contribution is 1.18. The quantitative estimate of drug-likeness (QED) is 0.704. The summed E-state index contributed by atoms with van der Waals surface area (Å²) in [5.74, 6) is 0. The van der Waals surface area contributed by atoms with Crippen molar-refractivity contribution in [2.75, 3.05) is 17.7 Å². The summed E-state index contributed by atoms with van der Waals surface area (Å²) in [6.45, 7) is 6.25. The minimum Gasteiger partial charge on any atom is -0.397 e. The minimum absolute atomic E-state index is 0.786. The maximum atomic E-state index is 6.25. The summed E-state index contributed by atoms with van der Waals surface area (Å²) in [6, 6.07) is 10.6. The first kappa shape index (κ1) is 13.9. The second-order valence-electron chi connectivity index (χ2n) is 5.46. The molecule has 21 heavy (non-hydrogen) atoms. The van der Waals surface area contributed by atoms with Crippen molar-refractivity contribution in [1.29, 1.82) is 0 Å². The van der Waals surface area contributed by atoms with Gasteiger partial charge in [-0.2, -0.15) is 0 Å². The first-order valence-electron chi connectivity index (χ1n) is 6.93.